The molecule has 0 spiro atoms. The normalized spacial score (nSPS) is 13.3. The number of hydrogen-bond acceptors (Lipinski definition) is 6. The molecule has 3 aromatic rings. The molecule has 14 heteroatoms. The van der Waals surface area contributed by atoms with E-state index in [4.69, 9.17) is 0 Å². The number of rotatable bonds is 9. The van der Waals surface area contributed by atoms with E-state index < -0.39 is 38.2 Å². The van der Waals surface area contributed by atoms with Crippen LogP contribution in [-0.4, -0.2) is 71.9 Å². The van der Waals surface area contributed by atoms with Crippen LogP contribution in [0.4, 0.5) is 18.9 Å². The number of carbonyl (C=O) groups is 1. The maximum atomic E-state index is 13.0. The summed E-state index contributed by atoms with van der Waals surface area (Å²) in [5.41, 5.74) is -3.74. The molecule has 202 valence electrons. The van der Waals surface area contributed by atoms with Gasteiger partial charge in [0.1, 0.15) is 12.2 Å². The average molecular weight is 563 g/mol. The lowest BCUT2D eigenvalue weighted by Crippen LogP contribution is -2.34. The number of carbonyl (C=O) groups excluding carboxylic acids is 1. The van der Waals surface area contributed by atoms with E-state index in [1.165, 1.54) is 34.2 Å². The van der Waals surface area contributed by atoms with E-state index in [1.807, 2.05) is 21.1 Å². The van der Waals surface area contributed by atoms with Gasteiger partial charge in [-0.3, -0.25) is 4.48 Å². The third-order valence-corrected chi connectivity index (χ3v) is 8.52. The highest BCUT2D eigenvalue weighted by Gasteiger charge is 2.49. The smallest absolute Gasteiger partial charge is 0.337 e. The SMILES string of the molecule is CN(CCc1cn(CC(=O)OS(=O)(=O)C(F)(F)F)c2ccccc12)S(=O)(=O)c1ccc([N+](C)(C)C)cc1. The molecular formula is C23H27F3N3O6S2+. The number of fused-ring (bicyclic) bond motifs is 1. The van der Waals surface area contributed by atoms with E-state index in [0.717, 1.165) is 5.69 Å². The van der Waals surface area contributed by atoms with E-state index in [2.05, 4.69) is 4.18 Å². The fourth-order valence-electron chi connectivity index (χ4n) is 3.63. The number of aromatic nitrogens is 1. The second kappa shape index (κ2) is 10.1. The van der Waals surface area contributed by atoms with E-state index in [0.29, 0.717) is 20.9 Å². The number of likely N-dealkylation sites (N-methyl/N-ethyl adjacent to an activating group) is 1. The maximum absolute atomic E-state index is 13.0. The van der Waals surface area contributed by atoms with Crippen molar-refractivity contribution in [1.82, 2.24) is 13.4 Å². The third-order valence-electron chi connectivity index (χ3n) is 5.67. The predicted molar refractivity (Wildman–Crippen MR) is 133 cm³/mol. The Labute approximate surface area is 213 Å². The number of hydrogen-bond donors (Lipinski definition) is 0. The van der Waals surface area contributed by atoms with Crippen molar-refractivity contribution in [2.45, 2.75) is 23.4 Å². The largest absolute Gasteiger partial charge is 0.534 e. The van der Waals surface area contributed by atoms with Crippen molar-refractivity contribution in [3.63, 3.8) is 0 Å². The number of nitrogens with zero attached hydrogens (tertiary/aromatic N) is 3. The van der Waals surface area contributed by atoms with Gasteiger partial charge in [0, 0.05) is 42.8 Å². The second-order valence-electron chi connectivity index (χ2n) is 9.24. The highest BCUT2D eigenvalue weighted by molar-refractivity contribution is 7.89. The molecule has 3 rings (SSSR count). The van der Waals surface area contributed by atoms with Gasteiger partial charge >= 0.3 is 21.6 Å². The minimum Gasteiger partial charge on any atom is -0.337 e. The number of alkyl halides is 3. The molecule has 0 saturated carbocycles. The minimum absolute atomic E-state index is 0.0698. The Morgan fingerprint density at radius 3 is 2.16 bits per heavy atom. The quantitative estimate of drug-likeness (QED) is 0.226. The molecule has 0 saturated heterocycles. The number of sulfonamides is 1. The van der Waals surface area contributed by atoms with Crippen LogP contribution in [0.25, 0.3) is 10.9 Å². The summed E-state index contributed by atoms with van der Waals surface area (Å²) in [5.74, 6) is -1.61. The zero-order valence-electron chi connectivity index (χ0n) is 20.6. The molecule has 2 aromatic carbocycles. The molecule has 0 unspecified atom stereocenters. The van der Waals surface area contributed by atoms with Crippen molar-refractivity contribution < 1.29 is 39.0 Å². The standard InChI is InChI=1S/C23H27F3N3O6S2/c1-27(36(31,32)19-11-9-18(10-12-19)29(2,3)4)14-13-17-15-28(21-8-6-5-7-20(17)21)16-22(30)35-37(33,34)23(24,25)26/h5-12,15H,13-14,16H2,1-4H3/q+1. The van der Waals surface area contributed by atoms with Gasteiger partial charge in [-0.25, -0.2) is 17.5 Å². The predicted octanol–water partition coefficient (Wildman–Crippen LogP) is 3.09. The van der Waals surface area contributed by atoms with Crippen molar-refractivity contribution in [1.29, 1.82) is 0 Å². The molecule has 1 aromatic heterocycles. The zero-order valence-corrected chi connectivity index (χ0v) is 22.2. The van der Waals surface area contributed by atoms with Crippen LogP contribution in [0, 0.1) is 0 Å². The number of benzene rings is 2. The van der Waals surface area contributed by atoms with Gasteiger partial charge in [-0.05, 0) is 30.2 Å². The minimum atomic E-state index is -6.08. The Morgan fingerprint density at radius 2 is 1.59 bits per heavy atom. The van der Waals surface area contributed by atoms with Crippen LogP contribution < -0.4 is 4.48 Å². The van der Waals surface area contributed by atoms with Crippen LogP contribution in [0.2, 0.25) is 0 Å². The third kappa shape index (κ3) is 6.32. The van der Waals surface area contributed by atoms with Crippen molar-refractivity contribution in [3.8, 4) is 0 Å². The van der Waals surface area contributed by atoms with Crippen LogP contribution in [0.15, 0.2) is 59.6 Å². The first-order chi connectivity index (χ1) is 16.9. The number of quaternary nitrogens is 1. The van der Waals surface area contributed by atoms with Crippen molar-refractivity contribution in [2.75, 3.05) is 34.7 Å². The van der Waals surface area contributed by atoms with Crippen molar-refractivity contribution in [3.05, 3.63) is 60.3 Å². The summed E-state index contributed by atoms with van der Waals surface area (Å²) < 4.78 is 92.6. The van der Waals surface area contributed by atoms with Crippen LogP contribution >= 0.6 is 0 Å². The molecular weight excluding hydrogens is 535 g/mol. The van der Waals surface area contributed by atoms with Crippen LogP contribution in [0.3, 0.4) is 0 Å². The lowest BCUT2D eigenvalue weighted by Gasteiger charge is -2.24. The molecule has 0 aliphatic heterocycles. The molecule has 9 nitrogen and oxygen atoms in total. The van der Waals surface area contributed by atoms with Crippen LogP contribution in [0.5, 0.6) is 0 Å². The summed E-state index contributed by atoms with van der Waals surface area (Å²) in [4.78, 5) is 12.1. The first-order valence-corrected chi connectivity index (χ1v) is 13.8. The van der Waals surface area contributed by atoms with Gasteiger partial charge in [0.25, 0.3) is 0 Å². The molecule has 0 N–H and O–H groups in total. The highest BCUT2D eigenvalue weighted by atomic mass is 32.2. The van der Waals surface area contributed by atoms with Crippen LogP contribution in [-0.2, 0) is 42.1 Å². The van der Waals surface area contributed by atoms with Crippen molar-refractivity contribution >= 4 is 42.7 Å². The fraction of sp³-hybridized carbons (Fsp3) is 0.348. The molecule has 37 heavy (non-hydrogen) atoms. The zero-order chi connectivity index (χ0) is 27.8. The Kier molecular flexibility index (Phi) is 7.80. The van der Waals surface area contributed by atoms with Gasteiger partial charge in [0.05, 0.1) is 26.0 Å². The molecule has 0 bridgehead atoms. The summed E-state index contributed by atoms with van der Waals surface area (Å²) in [6, 6.07) is 13.2. The monoisotopic (exact) mass is 562 g/mol. The average Bonchev–Trinajstić information content (AvgIpc) is 3.13. The molecule has 0 amide bonds. The second-order valence-corrected chi connectivity index (χ2v) is 12.8. The number of halogens is 3. The summed E-state index contributed by atoms with van der Waals surface area (Å²) in [6.07, 6.45) is 1.68. The highest BCUT2D eigenvalue weighted by Crippen LogP contribution is 2.27. The Bertz CT molecular complexity index is 1510. The molecule has 0 radical (unpaired) electrons. The molecule has 0 atom stereocenters. The summed E-state index contributed by atoms with van der Waals surface area (Å²) in [5, 5.41) is 0.632. The topological polar surface area (TPSA) is 103 Å². The van der Waals surface area contributed by atoms with Gasteiger partial charge in [-0.15, -0.1) is 0 Å². The lowest BCUT2D eigenvalue weighted by molar-refractivity contribution is -0.136. The molecule has 0 aliphatic carbocycles. The van der Waals surface area contributed by atoms with Crippen molar-refractivity contribution in [2.24, 2.45) is 0 Å². The Hall–Kier alpha value is -2.94. The summed E-state index contributed by atoms with van der Waals surface area (Å²) >= 11 is 0. The van der Waals surface area contributed by atoms with E-state index in [1.54, 1.807) is 36.4 Å². The van der Waals surface area contributed by atoms with Gasteiger partial charge in [0.2, 0.25) is 10.0 Å². The Morgan fingerprint density at radius 1 is 1.00 bits per heavy atom. The lowest BCUT2D eigenvalue weighted by atomic mass is 10.1. The van der Waals surface area contributed by atoms with Crippen LogP contribution in [0.1, 0.15) is 5.56 Å². The van der Waals surface area contributed by atoms with Gasteiger partial charge in [-0.1, -0.05) is 18.2 Å². The maximum Gasteiger partial charge on any atom is 0.534 e. The first-order valence-electron chi connectivity index (χ1n) is 10.9. The fourth-order valence-corrected chi connectivity index (χ4v) is 5.19. The first kappa shape index (κ1) is 28.6. The van der Waals surface area contributed by atoms with Gasteiger partial charge in [-0.2, -0.15) is 21.6 Å². The molecule has 0 aliphatic rings. The van der Waals surface area contributed by atoms with Gasteiger partial charge in [0.15, 0.2) is 0 Å². The molecule has 1 heterocycles. The summed E-state index contributed by atoms with van der Waals surface area (Å²) in [6.45, 7) is -0.719. The van der Waals surface area contributed by atoms with E-state index in [9.17, 15) is 34.8 Å². The molecule has 0 fully saturated rings. The number of para-hydroxylation sites is 1. The van der Waals surface area contributed by atoms with Gasteiger partial charge < -0.3 is 8.75 Å². The summed E-state index contributed by atoms with van der Waals surface area (Å²) in [7, 11) is -2.56. The van der Waals surface area contributed by atoms with E-state index in [-0.39, 0.29) is 17.9 Å². The Balaban J connectivity index is 1.78. The van der Waals surface area contributed by atoms with E-state index >= 15 is 0 Å².